The van der Waals surface area contributed by atoms with E-state index in [9.17, 15) is 0 Å². The van der Waals surface area contributed by atoms with Gasteiger partial charge in [-0.1, -0.05) is 13.3 Å². The predicted molar refractivity (Wildman–Crippen MR) is 67.2 cm³/mol. The molecule has 4 nitrogen and oxygen atoms in total. The summed E-state index contributed by atoms with van der Waals surface area (Å²) in [6.45, 7) is 7.37. The summed E-state index contributed by atoms with van der Waals surface area (Å²) in [5.74, 6) is 0. The number of nitrogens with two attached hydrogens (primary N) is 1. The van der Waals surface area contributed by atoms with Crippen LogP contribution in [0.2, 0.25) is 0 Å². The van der Waals surface area contributed by atoms with Crippen molar-refractivity contribution in [2.45, 2.75) is 32.7 Å². The zero-order valence-electron chi connectivity index (χ0n) is 10.3. The van der Waals surface area contributed by atoms with E-state index in [0.29, 0.717) is 0 Å². The number of aryl methyl sites for hydroxylation is 1. The molecule has 92 valence electrons. The van der Waals surface area contributed by atoms with Crippen LogP contribution in [0.15, 0.2) is 18.7 Å². The molecule has 2 N–H and O–H groups in total. The van der Waals surface area contributed by atoms with Crippen molar-refractivity contribution >= 4 is 0 Å². The Morgan fingerprint density at radius 1 is 1.25 bits per heavy atom. The first-order valence-electron chi connectivity index (χ1n) is 6.25. The summed E-state index contributed by atoms with van der Waals surface area (Å²) >= 11 is 0. The van der Waals surface area contributed by atoms with Crippen LogP contribution in [0.5, 0.6) is 0 Å². The Labute approximate surface area is 98.5 Å². The second-order valence-electron chi connectivity index (χ2n) is 4.14. The van der Waals surface area contributed by atoms with Crippen LogP contribution in [0.25, 0.3) is 0 Å². The fourth-order valence-electron chi connectivity index (χ4n) is 1.80. The van der Waals surface area contributed by atoms with Crippen molar-refractivity contribution in [1.29, 1.82) is 0 Å². The number of hydrogen-bond acceptors (Lipinski definition) is 3. The van der Waals surface area contributed by atoms with Crippen LogP contribution < -0.4 is 5.73 Å². The molecule has 0 bridgehead atoms. The summed E-state index contributed by atoms with van der Waals surface area (Å²) in [5.41, 5.74) is 5.61. The lowest BCUT2D eigenvalue weighted by Crippen LogP contribution is -2.31. The molecule has 0 spiro atoms. The van der Waals surface area contributed by atoms with E-state index < -0.39 is 0 Å². The van der Waals surface area contributed by atoms with Gasteiger partial charge < -0.3 is 15.2 Å². The van der Waals surface area contributed by atoms with E-state index in [2.05, 4.69) is 21.4 Å². The summed E-state index contributed by atoms with van der Waals surface area (Å²) in [6, 6.07) is 0. The molecule has 1 rings (SSSR count). The smallest absolute Gasteiger partial charge is 0.0945 e. The third kappa shape index (κ3) is 5.28. The normalized spacial score (nSPS) is 11.2. The van der Waals surface area contributed by atoms with Gasteiger partial charge in [0.15, 0.2) is 0 Å². The third-order valence-corrected chi connectivity index (χ3v) is 2.72. The molecule has 0 aliphatic heterocycles. The first-order chi connectivity index (χ1) is 7.86. The molecular weight excluding hydrogens is 200 g/mol. The molecule has 0 saturated carbocycles. The largest absolute Gasteiger partial charge is 0.337 e. The van der Waals surface area contributed by atoms with Crippen molar-refractivity contribution in [2.75, 3.05) is 26.2 Å². The van der Waals surface area contributed by atoms with Gasteiger partial charge >= 0.3 is 0 Å². The van der Waals surface area contributed by atoms with Crippen LogP contribution in [-0.4, -0.2) is 40.6 Å². The van der Waals surface area contributed by atoms with Crippen LogP contribution in [-0.2, 0) is 6.54 Å². The number of hydrogen-bond donors (Lipinski definition) is 1. The van der Waals surface area contributed by atoms with Crippen molar-refractivity contribution in [1.82, 2.24) is 14.5 Å². The molecule has 0 amide bonds. The van der Waals surface area contributed by atoms with E-state index in [0.717, 1.165) is 26.2 Å². The lowest BCUT2D eigenvalue weighted by atomic mass is 10.3. The highest BCUT2D eigenvalue weighted by atomic mass is 15.1. The van der Waals surface area contributed by atoms with Gasteiger partial charge in [-0.3, -0.25) is 0 Å². The predicted octanol–water partition coefficient (Wildman–Crippen LogP) is 1.33. The summed E-state index contributed by atoms with van der Waals surface area (Å²) < 4.78 is 2.13. The number of unbranched alkanes of at least 4 members (excludes halogenated alkanes) is 1. The van der Waals surface area contributed by atoms with Crippen LogP contribution >= 0.6 is 0 Å². The fourth-order valence-corrected chi connectivity index (χ4v) is 1.80. The van der Waals surface area contributed by atoms with Crippen molar-refractivity contribution < 1.29 is 0 Å². The minimum atomic E-state index is 0.759. The molecule has 1 heterocycles. The lowest BCUT2D eigenvalue weighted by molar-refractivity contribution is 0.268. The van der Waals surface area contributed by atoms with E-state index in [-0.39, 0.29) is 0 Å². The van der Waals surface area contributed by atoms with Crippen molar-refractivity contribution in [3.05, 3.63) is 18.7 Å². The Bertz CT molecular complexity index is 246. The lowest BCUT2D eigenvalue weighted by Gasteiger charge is -2.21. The van der Waals surface area contributed by atoms with Crippen LogP contribution in [0, 0.1) is 0 Å². The first-order valence-corrected chi connectivity index (χ1v) is 6.25. The summed E-state index contributed by atoms with van der Waals surface area (Å²) in [7, 11) is 0. The Balaban J connectivity index is 2.15. The molecule has 0 aliphatic rings. The topological polar surface area (TPSA) is 47.1 Å². The molecule has 0 atom stereocenters. The summed E-state index contributed by atoms with van der Waals surface area (Å²) in [6.07, 6.45) is 9.40. The number of imidazole rings is 1. The van der Waals surface area contributed by atoms with Crippen molar-refractivity contribution in [3.63, 3.8) is 0 Å². The molecule has 0 saturated heterocycles. The van der Waals surface area contributed by atoms with Gasteiger partial charge in [0.2, 0.25) is 0 Å². The van der Waals surface area contributed by atoms with Gasteiger partial charge in [-0.25, -0.2) is 4.98 Å². The molecule has 0 aliphatic carbocycles. The Hall–Kier alpha value is -0.870. The standard InChI is InChI=1S/C12H24N4/c1-2-3-7-15(10-5-13)8-4-9-16-11-6-14-12-16/h6,11-12H,2-5,7-10,13H2,1H3. The number of rotatable bonds is 9. The van der Waals surface area contributed by atoms with E-state index in [1.165, 1.54) is 25.8 Å². The third-order valence-electron chi connectivity index (χ3n) is 2.72. The molecule has 0 radical (unpaired) electrons. The molecule has 1 aromatic heterocycles. The molecule has 4 heteroatoms. The highest BCUT2D eigenvalue weighted by Gasteiger charge is 2.02. The highest BCUT2D eigenvalue weighted by molar-refractivity contribution is 4.74. The first kappa shape index (κ1) is 13.2. The number of nitrogens with zero attached hydrogens (tertiary/aromatic N) is 3. The maximum Gasteiger partial charge on any atom is 0.0945 e. The zero-order valence-corrected chi connectivity index (χ0v) is 10.3. The molecule has 0 unspecified atom stereocenters. The Morgan fingerprint density at radius 2 is 2.06 bits per heavy atom. The molecular formula is C12H24N4. The van der Waals surface area contributed by atoms with E-state index in [1.54, 1.807) is 0 Å². The van der Waals surface area contributed by atoms with Crippen molar-refractivity contribution in [2.24, 2.45) is 5.73 Å². The van der Waals surface area contributed by atoms with Crippen molar-refractivity contribution in [3.8, 4) is 0 Å². The SMILES string of the molecule is CCCCN(CCN)CCCn1ccnc1. The fraction of sp³-hybridized carbons (Fsp3) is 0.750. The molecule has 1 aromatic rings. The summed E-state index contributed by atoms with van der Waals surface area (Å²) in [5, 5.41) is 0. The minimum Gasteiger partial charge on any atom is -0.337 e. The molecule has 16 heavy (non-hydrogen) atoms. The van der Waals surface area contributed by atoms with Gasteiger partial charge in [0.25, 0.3) is 0 Å². The van der Waals surface area contributed by atoms with E-state index >= 15 is 0 Å². The van der Waals surface area contributed by atoms with E-state index in [1.807, 2.05) is 18.7 Å². The monoisotopic (exact) mass is 224 g/mol. The average Bonchev–Trinajstić information content (AvgIpc) is 2.79. The maximum atomic E-state index is 5.61. The maximum absolute atomic E-state index is 5.61. The minimum absolute atomic E-state index is 0.759. The van der Waals surface area contributed by atoms with Gasteiger partial charge in [0.1, 0.15) is 0 Å². The Morgan fingerprint density at radius 3 is 2.69 bits per heavy atom. The second kappa shape index (κ2) is 8.30. The zero-order chi connectivity index (χ0) is 11.6. The second-order valence-corrected chi connectivity index (χ2v) is 4.14. The summed E-state index contributed by atoms with van der Waals surface area (Å²) in [4.78, 5) is 6.49. The van der Waals surface area contributed by atoms with Gasteiger partial charge in [-0.2, -0.15) is 0 Å². The van der Waals surface area contributed by atoms with E-state index in [4.69, 9.17) is 5.73 Å². The average molecular weight is 224 g/mol. The quantitative estimate of drug-likeness (QED) is 0.688. The Kier molecular flexibility index (Phi) is 6.85. The molecule has 0 fully saturated rings. The van der Waals surface area contributed by atoms with Crippen LogP contribution in [0.3, 0.4) is 0 Å². The molecule has 0 aromatic carbocycles. The highest BCUT2D eigenvalue weighted by Crippen LogP contribution is 1.98. The number of aromatic nitrogens is 2. The van der Waals surface area contributed by atoms with Gasteiger partial charge in [0, 0.05) is 32.0 Å². The van der Waals surface area contributed by atoms with Gasteiger partial charge in [-0.15, -0.1) is 0 Å². The van der Waals surface area contributed by atoms with Crippen LogP contribution in [0.4, 0.5) is 0 Å². The van der Waals surface area contributed by atoms with Gasteiger partial charge in [-0.05, 0) is 25.9 Å². The van der Waals surface area contributed by atoms with Crippen LogP contribution in [0.1, 0.15) is 26.2 Å². The van der Waals surface area contributed by atoms with Gasteiger partial charge in [0.05, 0.1) is 6.33 Å².